The Bertz CT molecular complexity index is 2330. The first-order valence-corrected chi connectivity index (χ1v) is 17.3. The van der Waals surface area contributed by atoms with Gasteiger partial charge in [-0.15, -0.1) is 0 Å². The molecule has 1 aromatic heterocycles. The van der Waals surface area contributed by atoms with Gasteiger partial charge in [-0.1, -0.05) is 105 Å². The molecule has 0 amide bonds. The van der Waals surface area contributed by atoms with E-state index in [1.54, 1.807) is 11.1 Å². The third kappa shape index (κ3) is 3.63. The van der Waals surface area contributed by atoms with E-state index < -0.39 is 0 Å². The summed E-state index contributed by atoms with van der Waals surface area (Å²) in [6, 6.07) is 45.4. The predicted molar refractivity (Wildman–Crippen MR) is 192 cm³/mol. The van der Waals surface area contributed by atoms with Crippen molar-refractivity contribution in [2.24, 2.45) is 23.7 Å². The van der Waals surface area contributed by atoms with Gasteiger partial charge in [-0.2, -0.15) is 0 Å². The zero-order chi connectivity index (χ0) is 30.6. The molecule has 0 aliphatic heterocycles. The molecule has 0 N–H and O–H groups in total. The van der Waals surface area contributed by atoms with Gasteiger partial charge in [0.15, 0.2) is 0 Å². The van der Waals surface area contributed by atoms with Crippen LogP contribution in [0, 0.1) is 23.7 Å². The van der Waals surface area contributed by atoms with E-state index in [-0.39, 0.29) is 5.41 Å². The van der Waals surface area contributed by atoms with Gasteiger partial charge in [-0.25, -0.2) is 0 Å². The monoisotopic (exact) mass is 594 g/mol. The highest BCUT2D eigenvalue weighted by Gasteiger charge is 2.56. The van der Waals surface area contributed by atoms with Crippen molar-refractivity contribution in [2.75, 3.05) is 0 Å². The molecule has 0 radical (unpaired) electrons. The Morgan fingerprint density at radius 1 is 0.522 bits per heavy atom. The second kappa shape index (κ2) is 9.69. The summed E-state index contributed by atoms with van der Waals surface area (Å²) in [7, 11) is 0. The molecular formula is C45H38O. The third-order valence-corrected chi connectivity index (χ3v) is 12.2. The number of benzene rings is 6. The van der Waals surface area contributed by atoms with Crippen molar-refractivity contribution in [3.63, 3.8) is 0 Å². The van der Waals surface area contributed by atoms with E-state index in [0.717, 1.165) is 23.0 Å². The van der Waals surface area contributed by atoms with Gasteiger partial charge in [0.1, 0.15) is 11.2 Å². The van der Waals surface area contributed by atoms with Crippen molar-refractivity contribution >= 4 is 32.7 Å². The van der Waals surface area contributed by atoms with Crippen molar-refractivity contribution in [3.05, 3.63) is 132 Å². The predicted octanol–water partition coefficient (Wildman–Crippen LogP) is 12.4. The largest absolute Gasteiger partial charge is 0.456 e. The van der Waals surface area contributed by atoms with Crippen LogP contribution in [-0.4, -0.2) is 0 Å². The molecule has 2 saturated carbocycles. The number of rotatable bonds is 2. The van der Waals surface area contributed by atoms with E-state index in [9.17, 15) is 0 Å². The standard InChI is InChI=1S/C45H38O/c1-27-20-29-22-28(2)45(34(21-27)23-29)41-13-6-5-11-37(41)38-17-14-31(24-42(38)45)32-15-18-39-40-19-16-33(26-44(40)46-43(39)25-32)36-12-7-9-30-8-3-4-10-35(30)36/h3-19,24-29,34H,20-23H2,1-2H3. The fourth-order valence-corrected chi connectivity index (χ4v) is 10.5. The van der Waals surface area contributed by atoms with Crippen molar-refractivity contribution in [1.29, 1.82) is 0 Å². The lowest BCUT2D eigenvalue weighted by atomic mass is 9.49. The smallest absolute Gasteiger partial charge is 0.136 e. The van der Waals surface area contributed by atoms with Crippen LogP contribution in [0.3, 0.4) is 0 Å². The van der Waals surface area contributed by atoms with Crippen LogP contribution in [0.4, 0.5) is 0 Å². The molecule has 1 nitrogen and oxygen atoms in total. The molecule has 3 aliphatic rings. The highest BCUT2D eigenvalue weighted by molar-refractivity contribution is 6.08. The molecular weight excluding hydrogens is 556 g/mol. The average molecular weight is 595 g/mol. The molecule has 1 spiro atoms. The molecule has 46 heavy (non-hydrogen) atoms. The van der Waals surface area contributed by atoms with Gasteiger partial charge in [-0.05, 0) is 135 Å². The Balaban J connectivity index is 1.10. The zero-order valence-electron chi connectivity index (χ0n) is 26.6. The molecule has 5 atom stereocenters. The molecule has 3 aliphatic carbocycles. The first-order chi connectivity index (χ1) is 22.6. The molecule has 5 unspecified atom stereocenters. The first-order valence-electron chi connectivity index (χ1n) is 17.3. The SMILES string of the molecule is CC1CC2CC(C)C3(c4ccccc4-c4ccc(-c5ccc6c(c5)oc5cc(-c7cccc8ccccc78)ccc56)cc43)C(C1)C2. The van der Waals surface area contributed by atoms with Crippen molar-refractivity contribution < 1.29 is 4.42 Å². The Morgan fingerprint density at radius 2 is 1.20 bits per heavy atom. The zero-order valence-corrected chi connectivity index (χ0v) is 26.6. The fraction of sp³-hybridized carbons (Fsp3) is 0.244. The number of hydrogen-bond acceptors (Lipinski definition) is 1. The van der Waals surface area contributed by atoms with Gasteiger partial charge in [0.25, 0.3) is 0 Å². The van der Waals surface area contributed by atoms with Crippen LogP contribution in [0.25, 0.3) is 66.1 Å². The lowest BCUT2D eigenvalue weighted by Gasteiger charge is -2.54. The van der Waals surface area contributed by atoms with E-state index in [2.05, 4.69) is 135 Å². The van der Waals surface area contributed by atoms with Crippen LogP contribution in [0.5, 0.6) is 0 Å². The van der Waals surface area contributed by atoms with E-state index >= 15 is 0 Å². The van der Waals surface area contributed by atoms with E-state index in [1.807, 2.05) is 0 Å². The summed E-state index contributed by atoms with van der Waals surface area (Å²) in [5, 5.41) is 4.88. The minimum atomic E-state index is 0.106. The number of fused-ring (bicyclic) bond motifs is 12. The van der Waals surface area contributed by atoms with Gasteiger partial charge in [0.05, 0.1) is 0 Å². The minimum Gasteiger partial charge on any atom is -0.456 e. The quantitative estimate of drug-likeness (QED) is 0.194. The Kier molecular flexibility index (Phi) is 5.60. The second-order valence-corrected chi connectivity index (χ2v) is 14.7. The van der Waals surface area contributed by atoms with E-state index in [4.69, 9.17) is 4.42 Å². The molecule has 6 aromatic carbocycles. The van der Waals surface area contributed by atoms with Gasteiger partial charge in [0, 0.05) is 16.2 Å². The highest BCUT2D eigenvalue weighted by Crippen LogP contribution is 2.64. The summed E-state index contributed by atoms with van der Waals surface area (Å²) < 4.78 is 6.62. The number of furan rings is 1. The molecule has 2 fully saturated rings. The second-order valence-electron chi connectivity index (χ2n) is 14.7. The van der Waals surface area contributed by atoms with Gasteiger partial charge < -0.3 is 4.42 Å². The molecule has 1 heteroatoms. The minimum absolute atomic E-state index is 0.106. The summed E-state index contributed by atoms with van der Waals surface area (Å²) >= 11 is 0. The molecule has 1 heterocycles. The van der Waals surface area contributed by atoms with Crippen molar-refractivity contribution in [1.82, 2.24) is 0 Å². The molecule has 2 bridgehead atoms. The summed E-state index contributed by atoms with van der Waals surface area (Å²) in [5.74, 6) is 3.03. The van der Waals surface area contributed by atoms with Crippen LogP contribution in [-0.2, 0) is 5.41 Å². The summed E-state index contributed by atoms with van der Waals surface area (Å²) in [5.41, 5.74) is 13.0. The maximum Gasteiger partial charge on any atom is 0.136 e. The van der Waals surface area contributed by atoms with Gasteiger partial charge >= 0.3 is 0 Å². The van der Waals surface area contributed by atoms with E-state index in [1.165, 1.54) is 80.6 Å². The highest BCUT2D eigenvalue weighted by atomic mass is 16.3. The number of hydrogen-bond donors (Lipinski definition) is 0. The summed E-state index contributed by atoms with van der Waals surface area (Å²) in [6.45, 7) is 5.05. The van der Waals surface area contributed by atoms with Crippen molar-refractivity contribution in [2.45, 2.75) is 44.9 Å². The van der Waals surface area contributed by atoms with Gasteiger partial charge in [0.2, 0.25) is 0 Å². The van der Waals surface area contributed by atoms with Crippen LogP contribution >= 0.6 is 0 Å². The normalized spacial score (nSPS) is 24.9. The lowest BCUT2D eigenvalue weighted by Crippen LogP contribution is -2.49. The van der Waals surface area contributed by atoms with E-state index in [0.29, 0.717) is 11.8 Å². The van der Waals surface area contributed by atoms with Crippen LogP contribution < -0.4 is 0 Å². The summed E-state index contributed by atoms with van der Waals surface area (Å²) in [4.78, 5) is 0. The lowest BCUT2D eigenvalue weighted by molar-refractivity contribution is 0.0426. The Morgan fingerprint density at radius 3 is 2.09 bits per heavy atom. The van der Waals surface area contributed by atoms with Gasteiger partial charge in [-0.3, -0.25) is 0 Å². The van der Waals surface area contributed by atoms with Crippen molar-refractivity contribution in [3.8, 4) is 33.4 Å². The maximum atomic E-state index is 6.62. The topological polar surface area (TPSA) is 13.1 Å². The summed E-state index contributed by atoms with van der Waals surface area (Å²) in [6.07, 6.45) is 5.46. The molecule has 0 saturated heterocycles. The van der Waals surface area contributed by atoms with Crippen LogP contribution in [0.2, 0.25) is 0 Å². The maximum absolute atomic E-state index is 6.62. The van der Waals surface area contributed by atoms with Crippen LogP contribution in [0.1, 0.15) is 50.7 Å². The Labute approximate surface area is 270 Å². The molecule has 7 aromatic rings. The Hall–Kier alpha value is -4.62. The fourth-order valence-electron chi connectivity index (χ4n) is 10.5. The molecule has 224 valence electrons. The molecule has 10 rings (SSSR count). The average Bonchev–Trinajstić information content (AvgIpc) is 3.59. The van der Waals surface area contributed by atoms with Crippen LogP contribution in [0.15, 0.2) is 126 Å². The third-order valence-electron chi connectivity index (χ3n) is 12.2. The first kappa shape index (κ1) is 26.6.